The lowest BCUT2D eigenvalue weighted by molar-refractivity contribution is -0.134. The minimum absolute atomic E-state index is 0.115. The molecule has 146 valence electrons. The fourth-order valence-electron chi connectivity index (χ4n) is 1.86. The lowest BCUT2D eigenvalue weighted by Gasteiger charge is -2.24. The Balaban J connectivity index is 4.03. The first-order valence-corrected chi connectivity index (χ1v) is 8.96. The van der Waals surface area contributed by atoms with Gasteiger partial charge in [0.2, 0.25) is 0 Å². The van der Waals surface area contributed by atoms with E-state index >= 15 is 0 Å². The Bertz CT molecular complexity index is 253. The predicted molar refractivity (Wildman–Crippen MR) is 91.1 cm³/mol. The van der Waals surface area contributed by atoms with E-state index in [0.29, 0.717) is 19.8 Å². The van der Waals surface area contributed by atoms with Crippen LogP contribution in [0.1, 0.15) is 39.5 Å². The Morgan fingerprint density at radius 3 is 1.58 bits per heavy atom. The Morgan fingerprint density at radius 2 is 1.12 bits per heavy atom. The largest absolute Gasteiger partial charge is 0.394 e. The summed E-state index contributed by atoms with van der Waals surface area (Å²) in [6, 6.07) is 0. The monoisotopic (exact) mass is 352 g/mol. The molecule has 3 N–H and O–H groups in total. The molecular weight excluding hydrogens is 316 g/mol. The average Bonchev–Trinajstić information content (AvgIpc) is 2.61. The third-order valence-electron chi connectivity index (χ3n) is 3.41. The maximum atomic E-state index is 9.39. The molecule has 0 saturated heterocycles. The molecule has 24 heavy (non-hydrogen) atoms. The van der Waals surface area contributed by atoms with Gasteiger partial charge in [0, 0.05) is 13.2 Å². The van der Waals surface area contributed by atoms with Crippen LogP contribution in [0.15, 0.2) is 0 Å². The van der Waals surface area contributed by atoms with E-state index in [4.69, 9.17) is 18.9 Å². The number of unbranched alkanes of at least 4 members (excludes halogenated alkanes) is 2. The molecule has 0 saturated carbocycles. The summed E-state index contributed by atoms with van der Waals surface area (Å²) in [7, 11) is 0. The van der Waals surface area contributed by atoms with Crippen molar-refractivity contribution in [1.29, 1.82) is 0 Å². The van der Waals surface area contributed by atoms with Crippen LogP contribution in [-0.4, -0.2) is 86.5 Å². The van der Waals surface area contributed by atoms with Crippen LogP contribution in [0.2, 0.25) is 0 Å². The topological polar surface area (TPSA) is 97.6 Å². The van der Waals surface area contributed by atoms with Crippen molar-refractivity contribution in [3.8, 4) is 0 Å². The SMILES string of the molecule is CCCCOCC(CO)OCC(CO)OC(CO)COCCCC. The Labute approximate surface area is 145 Å². The minimum Gasteiger partial charge on any atom is -0.394 e. The van der Waals surface area contributed by atoms with E-state index < -0.39 is 18.3 Å². The summed E-state index contributed by atoms with van der Waals surface area (Å²) < 4.78 is 22.0. The minimum atomic E-state index is -0.582. The molecule has 0 aliphatic rings. The van der Waals surface area contributed by atoms with Crippen LogP contribution in [0.3, 0.4) is 0 Å². The summed E-state index contributed by atoms with van der Waals surface area (Å²) >= 11 is 0. The summed E-state index contributed by atoms with van der Waals surface area (Å²) in [4.78, 5) is 0. The van der Waals surface area contributed by atoms with Gasteiger partial charge in [-0.1, -0.05) is 26.7 Å². The average molecular weight is 352 g/mol. The van der Waals surface area contributed by atoms with E-state index in [9.17, 15) is 15.3 Å². The van der Waals surface area contributed by atoms with Crippen molar-refractivity contribution in [2.24, 2.45) is 0 Å². The number of hydrogen-bond donors (Lipinski definition) is 3. The number of hydrogen-bond acceptors (Lipinski definition) is 7. The number of aliphatic hydroxyl groups is 3. The normalized spacial score (nSPS) is 15.4. The van der Waals surface area contributed by atoms with Crippen molar-refractivity contribution in [2.45, 2.75) is 57.8 Å². The van der Waals surface area contributed by atoms with Gasteiger partial charge in [0.25, 0.3) is 0 Å². The van der Waals surface area contributed by atoms with Gasteiger partial charge in [-0.2, -0.15) is 0 Å². The highest BCUT2D eigenvalue weighted by Crippen LogP contribution is 2.04. The molecule has 0 aromatic heterocycles. The number of aliphatic hydroxyl groups excluding tert-OH is 3. The molecule has 7 nitrogen and oxygen atoms in total. The number of rotatable bonds is 18. The smallest absolute Gasteiger partial charge is 0.104 e. The second kappa shape index (κ2) is 17.5. The molecule has 0 aliphatic carbocycles. The predicted octanol–water partition coefficient (Wildman–Crippen LogP) is 0.736. The maximum absolute atomic E-state index is 9.39. The summed E-state index contributed by atoms with van der Waals surface area (Å²) in [5.41, 5.74) is 0. The first kappa shape index (κ1) is 23.7. The molecule has 3 unspecified atom stereocenters. The fraction of sp³-hybridized carbons (Fsp3) is 1.00. The van der Waals surface area contributed by atoms with E-state index in [0.717, 1.165) is 25.7 Å². The zero-order chi connectivity index (χ0) is 18.0. The molecule has 0 amide bonds. The van der Waals surface area contributed by atoms with Gasteiger partial charge < -0.3 is 34.3 Å². The Morgan fingerprint density at radius 1 is 0.667 bits per heavy atom. The Kier molecular flexibility index (Phi) is 17.3. The van der Waals surface area contributed by atoms with Crippen molar-refractivity contribution in [2.75, 3.05) is 52.9 Å². The van der Waals surface area contributed by atoms with Gasteiger partial charge in [0.15, 0.2) is 0 Å². The molecule has 0 spiro atoms. The zero-order valence-electron chi connectivity index (χ0n) is 15.2. The van der Waals surface area contributed by atoms with Gasteiger partial charge in [-0.3, -0.25) is 0 Å². The van der Waals surface area contributed by atoms with E-state index in [2.05, 4.69) is 13.8 Å². The highest BCUT2D eigenvalue weighted by atomic mass is 16.6. The van der Waals surface area contributed by atoms with E-state index in [1.807, 2.05) is 0 Å². The van der Waals surface area contributed by atoms with E-state index in [1.54, 1.807) is 0 Å². The van der Waals surface area contributed by atoms with Gasteiger partial charge in [-0.15, -0.1) is 0 Å². The van der Waals surface area contributed by atoms with Crippen LogP contribution in [-0.2, 0) is 18.9 Å². The van der Waals surface area contributed by atoms with Crippen molar-refractivity contribution in [3.05, 3.63) is 0 Å². The maximum Gasteiger partial charge on any atom is 0.104 e. The van der Waals surface area contributed by atoms with Crippen molar-refractivity contribution >= 4 is 0 Å². The van der Waals surface area contributed by atoms with Crippen LogP contribution in [0.25, 0.3) is 0 Å². The van der Waals surface area contributed by atoms with Gasteiger partial charge >= 0.3 is 0 Å². The second-order valence-corrected chi connectivity index (χ2v) is 5.74. The molecule has 3 atom stereocenters. The molecule has 0 aliphatic heterocycles. The molecule has 0 radical (unpaired) electrons. The molecular formula is C17H36O7. The Hall–Kier alpha value is -0.280. The van der Waals surface area contributed by atoms with Crippen LogP contribution in [0.5, 0.6) is 0 Å². The molecule has 0 bridgehead atoms. The fourth-order valence-corrected chi connectivity index (χ4v) is 1.86. The van der Waals surface area contributed by atoms with Crippen molar-refractivity contribution < 1.29 is 34.3 Å². The van der Waals surface area contributed by atoms with Crippen LogP contribution < -0.4 is 0 Å². The highest BCUT2D eigenvalue weighted by molar-refractivity contribution is 4.64. The lowest BCUT2D eigenvalue weighted by atomic mass is 10.3. The van der Waals surface area contributed by atoms with Gasteiger partial charge in [0.1, 0.15) is 18.3 Å². The standard InChI is InChI=1S/C17H36O7/c1-3-5-7-21-12-15(9-18)23-14-17(11-20)24-16(10-19)13-22-8-6-4-2/h15-20H,3-14H2,1-2H3. The molecule has 0 aromatic carbocycles. The summed E-state index contributed by atoms with van der Waals surface area (Å²) in [6.07, 6.45) is 2.48. The summed E-state index contributed by atoms with van der Waals surface area (Å²) in [5.74, 6) is 0. The highest BCUT2D eigenvalue weighted by Gasteiger charge is 2.18. The van der Waals surface area contributed by atoms with Gasteiger partial charge in [-0.05, 0) is 12.8 Å². The third-order valence-corrected chi connectivity index (χ3v) is 3.41. The number of ether oxygens (including phenoxy) is 4. The second-order valence-electron chi connectivity index (χ2n) is 5.74. The molecule has 0 fully saturated rings. The quantitative estimate of drug-likeness (QED) is 0.313. The molecule has 0 aromatic rings. The van der Waals surface area contributed by atoms with Crippen LogP contribution >= 0.6 is 0 Å². The molecule has 7 heteroatoms. The van der Waals surface area contributed by atoms with Gasteiger partial charge in [-0.25, -0.2) is 0 Å². The first-order valence-electron chi connectivity index (χ1n) is 8.96. The summed E-state index contributed by atoms with van der Waals surface area (Å²) in [5, 5.41) is 28.0. The van der Waals surface area contributed by atoms with Crippen LogP contribution in [0, 0.1) is 0 Å². The van der Waals surface area contributed by atoms with Crippen molar-refractivity contribution in [1.82, 2.24) is 0 Å². The molecule has 0 heterocycles. The zero-order valence-corrected chi connectivity index (χ0v) is 15.2. The van der Waals surface area contributed by atoms with Crippen LogP contribution in [0.4, 0.5) is 0 Å². The first-order chi connectivity index (χ1) is 11.7. The third kappa shape index (κ3) is 13.1. The lowest BCUT2D eigenvalue weighted by Crippen LogP contribution is -2.36. The molecule has 0 rings (SSSR count). The summed E-state index contributed by atoms with van der Waals surface area (Å²) in [6.45, 7) is 5.53. The van der Waals surface area contributed by atoms with E-state index in [1.165, 1.54) is 0 Å². The van der Waals surface area contributed by atoms with Crippen molar-refractivity contribution in [3.63, 3.8) is 0 Å². The van der Waals surface area contributed by atoms with Gasteiger partial charge in [0.05, 0.1) is 39.6 Å². The van der Waals surface area contributed by atoms with E-state index in [-0.39, 0.29) is 33.0 Å².